The number of ether oxygens (including phenoxy) is 1. The molecule has 1 heterocycles. The normalized spacial score (nSPS) is 10.7. The van der Waals surface area contributed by atoms with Gasteiger partial charge in [0.25, 0.3) is 0 Å². The third kappa shape index (κ3) is 4.79. The molecule has 1 amide bonds. The molecule has 9 heteroatoms. The zero-order valence-corrected chi connectivity index (χ0v) is 14.8. The third-order valence-corrected chi connectivity index (χ3v) is 4.48. The van der Waals surface area contributed by atoms with E-state index in [2.05, 4.69) is 10.2 Å². The van der Waals surface area contributed by atoms with E-state index in [-0.39, 0.29) is 29.3 Å². The summed E-state index contributed by atoms with van der Waals surface area (Å²) in [6.45, 7) is 2.52. The number of carbonyl (C=O) groups is 2. The van der Waals surface area contributed by atoms with Crippen LogP contribution in [0.15, 0.2) is 23.4 Å². The lowest BCUT2D eigenvalue weighted by Gasteiger charge is -2.07. The summed E-state index contributed by atoms with van der Waals surface area (Å²) in [5.41, 5.74) is 5.41. The Labute approximate surface area is 148 Å². The molecule has 0 aliphatic carbocycles. The number of primary amides is 1. The highest BCUT2D eigenvalue weighted by atomic mass is 32.2. The van der Waals surface area contributed by atoms with Crippen LogP contribution in [-0.2, 0) is 17.8 Å². The number of hydrogen-bond donors (Lipinski definition) is 1. The van der Waals surface area contributed by atoms with Gasteiger partial charge in [-0.15, -0.1) is 10.2 Å². The lowest BCUT2D eigenvalue weighted by molar-refractivity contribution is -0.118. The lowest BCUT2D eigenvalue weighted by Crippen LogP contribution is -2.13. The van der Waals surface area contributed by atoms with Gasteiger partial charge in [0.05, 0.1) is 12.9 Å². The number of aromatic nitrogens is 3. The van der Waals surface area contributed by atoms with Crippen molar-refractivity contribution in [1.82, 2.24) is 14.8 Å². The number of amides is 1. The summed E-state index contributed by atoms with van der Waals surface area (Å²) in [4.78, 5) is 23.1. The first-order valence-corrected chi connectivity index (χ1v) is 8.64. The number of benzene rings is 1. The average molecular weight is 366 g/mol. The minimum Gasteiger partial charge on any atom is -0.494 e. The number of nitrogens with zero attached hydrogens (tertiary/aromatic N) is 3. The zero-order chi connectivity index (χ0) is 18.4. The highest BCUT2D eigenvalue weighted by molar-refractivity contribution is 7.99. The highest BCUT2D eigenvalue weighted by Crippen LogP contribution is 2.22. The quantitative estimate of drug-likeness (QED) is 0.537. The van der Waals surface area contributed by atoms with Crippen molar-refractivity contribution >= 4 is 23.5 Å². The molecular formula is C16H19FN4O3S. The minimum atomic E-state index is -0.580. The van der Waals surface area contributed by atoms with Crippen LogP contribution >= 0.6 is 11.8 Å². The van der Waals surface area contributed by atoms with Gasteiger partial charge in [0.15, 0.2) is 22.5 Å². The predicted octanol–water partition coefficient (Wildman–Crippen LogP) is 1.84. The Morgan fingerprint density at radius 1 is 1.36 bits per heavy atom. The topological polar surface area (TPSA) is 100 Å². The molecule has 0 saturated heterocycles. The fourth-order valence-corrected chi connectivity index (χ4v) is 3.13. The van der Waals surface area contributed by atoms with Gasteiger partial charge in [0, 0.05) is 24.9 Å². The average Bonchev–Trinajstić information content (AvgIpc) is 2.99. The molecule has 7 nitrogen and oxygen atoms in total. The van der Waals surface area contributed by atoms with E-state index in [1.54, 1.807) is 0 Å². The maximum Gasteiger partial charge on any atom is 0.217 e. The predicted molar refractivity (Wildman–Crippen MR) is 91.2 cm³/mol. The van der Waals surface area contributed by atoms with Crippen molar-refractivity contribution < 1.29 is 18.7 Å². The number of thioether (sulfide) groups is 1. The van der Waals surface area contributed by atoms with Crippen LogP contribution in [-0.4, -0.2) is 39.3 Å². The summed E-state index contributed by atoms with van der Waals surface area (Å²) >= 11 is 1.22. The molecule has 0 unspecified atom stereocenters. The second-order valence-electron chi connectivity index (χ2n) is 5.17. The van der Waals surface area contributed by atoms with Crippen LogP contribution in [0.5, 0.6) is 5.75 Å². The molecule has 0 saturated carbocycles. The van der Waals surface area contributed by atoms with Crippen molar-refractivity contribution in [2.24, 2.45) is 5.73 Å². The number of methoxy groups -OCH3 is 1. The Balaban J connectivity index is 2.04. The van der Waals surface area contributed by atoms with Crippen molar-refractivity contribution in [3.05, 3.63) is 35.4 Å². The number of nitrogens with two attached hydrogens (primary N) is 1. The first-order valence-electron chi connectivity index (χ1n) is 7.66. The Hall–Kier alpha value is -2.42. The number of rotatable bonds is 9. The van der Waals surface area contributed by atoms with Gasteiger partial charge in [-0.1, -0.05) is 11.8 Å². The molecular weight excluding hydrogens is 347 g/mol. The lowest BCUT2D eigenvalue weighted by atomic mass is 10.1. The second kappa shape index (κ2) is 8.61. The van der Waals surface area contributed by atoms with Crippen LogP contribution in [0, 0.1) is 5.82 Å². The first kappa shape index (κ1) is 18.9. The molecule has 0 atom stereocenters. The van der Waals surface area contributed by atoms with Gasteiger partial charge >= 0.3 is 0 Å². The molecule has 0 bridgehead atoms. The van der Waals surface area contributed by atoms with Gasteiger partial charge in [-0.05, 0) is 25.1 Å². The van der Waals surface area contributed by atoms with Gasteiger partial charge in [-0.2, -0.15) is 0 Å². The molecule has 134 valence electrons. The highest BCUT2D eigenvalue weighted by Gasteiger charge is 2.15. The Morgan fingerprint density at radius 3 is 2.72 bits per heavy atom. The fourth-order valence-electron chi connectivity index (χ4n) is 2.22. The molecule has 1 aromatic carbocycles. The van der Waals surface area contributed by atoms with E-state index in [0.717, 1.165) is 6.07 Å². The number of aryl methyl sites for hydroxylation is 1. The van der Waals surface area contributed by atoms with Gasteiger partial charge < -0.3 is 15.0 Å². The van der Waals surface area contributed by atoms with E-state index in [1.165, 1.54) is 31.0 Å². The fraction of sp³-hybridized carbons (Fsp3) is 0.375. The smallest absolute Gasteiger partial charge is 0.217 e. The number of halogens is 1. The van der Waals surface area contributed by atoms with Gasteiger partial charge in [-0.3, -0.25) is 9.59 Å². The van der Waals surface area contributed by atoms with Crippen LogP contribution in [0.3, 0.4) is 0 Å². The number of hydrogen-bond acceptors (Lipinski definition) is 6. The van der Waals surface area contributed by atoms with Crippen LogP contribution in [0.25, 0.3) is 0 Å². The minimum absolute atomic E-state index is 0.0917. The van der Waals surface area contributed by atoms with Gasteiger partial charge in [0.2, 0.25) is 5.91 Å². The van der Waals surface area contributed by atoms with E-state index < -0.39 is 11.7 Å². The number of ketones is 1. The van der Waals surface area contributed by atoms with E-state index in [0.29, 0.717) is 23.9 Å². The molecule has 2 N–H and O–H groups in total. The molecule has 1 aromatic heterocycles. The monoisotopic (exact) mass is 366 g/mol. The maximum absolute atomic E-state index is 13.7. The summed E-state index contributed by atoms with van der Waals surface area (Å²) in [6, 6.07) is 4.10. The van der Waals surface area contributed by atoms with Crippen molar-refractivity contribution in [1.29, 1.82) is 0 Å². The van der Waals surface area contributed by atoms with Crippen molar-refractivity contribution in [3.8, 4) is 5.75 Å². The number of carbonyl (C=O) groups excluding carboxylic acids is 2. The summed E-state index contributed by atoms with van der Waals surface area (Å²) in [5, 5.41) is 8.67. The first-order chi connectivity index (χ1) is 12.0. The molecule has 2 aromatic rings. The molecule has 2 rings (SSSR count). The van der Waals surface area contributed by atoms with E-state index in [9.17, 15) is 14.0 Å². The van der Waals surface area contributed by atoms with Gasteiger partial charge in [-0.25, -0.2) is 4.39 Å². The SMILES string of the molecule is CCn1c(CCC(N)=O)nnc1SCC(=O)c1ccc(OC)c(F)c1. The molecule has 0 aliphatic rings. The van der Waals surface area contributed by atoms with Crippen LogP contribution in [0.4, 0.5) is 4.39 Å². The van der Waals surface area contributed by atoms with E-state index in [1.807, 2.05) is 11.5 Å². The Morgan fingerprint density at radius 2 is 2.12 bits per heavy atom. The van der Waals surface area contributed by atoms with Crippen molar-refractivity contribution in [2.75, 3.05) is 12.9 Å². The van der Waals surface area contributed by atoms with E-state index >= 15 is 0 Å². The molecule has 0 spiro atoms. The molecule has 25 heavy (non-hydrogen) atoms. The van der Waals surface area contributed by atoms with Crippen molar-refractivity contribution in [2.45, 2.75) is 31.5 Å². The summed E-state index contributed by atoms with van der Waals surface area (Å²) in [5.74, 6) is -0.378. The van der Waals surface area contributed by atoms with Crippen LogP contribution in [0.2, 0.25) is 0 Å². The maximum atomic E-state index is 13.7. The van der Waals surface area contributed by atoms with Crippen molar-refractivity contribution in [3.63, 3.8) is 0 Å². The Bertz CT molecular complexity index is 779. The van der Waals surface area contributed by atoms with Crippen LogP contribution < -0.4 is 10.5 Å². The molecule has 0 aliphatic heterocycles. The molecule has 0 fully saturated rings. The largest absolute Gasteiger partial charge is 0.494 e. The number of Topliss-reactive ketones (excluding diaryl/α,β-unsaturated/α-hetero) is 1. The third-order valence-electron chi connectivity index (χ3n) is 3.51. The summed E-state index contributed by atoms with van der Waals surface area (Å²) in [6.07, 6.45) is 0.585. The Kier molecular flexibility index (Phi) is 6.51. The van der Waals surface area contributed by atoms with E-state index in [4.69, 9.17) is 10.5 Å². The zero-order valence-electron chi connectivity index (χ0n) is 14.0. The van der Waals surface area contributed by atoms with Gasteiger partial charge in [0.1, 0.15) is 5.82 Å². The van der Waals surface area contributed by atoms with Crippen LogP contribution in [0.1, 0.15) is 29.5 Å². The molecule has 0 radical (unpaired) electrons. The summed E-state index contributed by atoms with van der Waals surface area (Å²) < 4.78 is 20.4. The standard InChI is InChI=1S/C16H19FN4O3S/c1-3-21-15(7-6-14(18)23)19-20-16(21)25-9-12(22)10-4-5-13(24-2)11(17)8-10/h4-5,8H,3,6-7,9H2,1-2H3,(H2,18,23). The summed E-state index contributed by atoms with van der Waals surface area (Å²) in [7, 11) is 1.36. The second-order valence-corrected chi connectivity index (χ2v) is 6.11.